The Bertz CT molecular complexity index is 759. The number of carbonyl (C=O) groups is 7. The maximum Gasteiger partial charge on any atom is 0.374 e. The van der Waals surface area contributed by atoms with Gasteiger partial charge in [0.15, 0.2) is 11.9 Å². The number of nitrogens with zero attached hydrogens (tertiary/aromatic N) is 1. The first-order valence-corrected chi connectivity index (χ1v) is 10.4. The van der Waals surface area contributed by atoms with Crippen LogP contribution >= 0.6 is 0 Å². The number of rotatable bonds is 13. The topological polar surface area (TPSA) is 150 Å². The number of carbonyl (C=O) groups excluding carboxylic acids is 7. The van der Waals surface area contributed by atoms with Crippen molar-refractivity contribution >= 4 is 41.3 Å². The van der Waals surface area contributed by atoms with Crippen molar-refractivity contribution < 1.29 is 47.9 Å². The molecule has 1 fully saturated rings. The number of ether oxygens (including phenoxy) is 2. The lowest BCUT2D eigenvalue weighted by Crippen LogP contribution is -2.44. The van der Waals surface area contributed by atoms with Crippen LogP contribution in [0.5, 0.6) is 0 Å². The SMILES string of the molecule is CCCCCC(=O)[C@@H](CC(C)=O)OC(=O)[C@H](C)[C@@H](OC(C)=O)C(=O)ON1C(=O)CCC1=O. The zero-order valence-electron chi connectivity index (χ0n) is 18.7. The van der Waals surface area contributed by atoms with Crippen LogP contribution in [0.15, 0.2) is 0 Å². The molecule has 0 bridgehead atoms. The van der Waals surface area contributed by atoms with Gasteiger partial charge >= 0.3 is 17.9 Å². The van der Waals surface area contributed by atoms with Crippen LogP contribution in [0.2, 0.25) is 0 Å². The minimum absolute atomic E-state index is 0.113. The Hall–Kier alpha value is -3.11. The van der Waals surface area contributed by atoms with Crippen LogP contribution in [0, 0.1) is 5.92 Å². The molecule has 0 radical (unpaired) electrons. The Labute approximate surface area is 185 Å². The van der Waals surface area contributed by atoms with E-state index in [9.17, 15) is 33.6 Å². The van der Waals surface area contributed by atoms with E-state index in [0.717, 1.165) is 19.8 Å². The summed E-state index contributed by atoms with van der Waals surface area (Å²) in [7, 11) is 0. The Morgan fingerprint density at radius 2 is 1.53 bits per heavy atom. The fourth-order valence-corrected chi connectivity index (χ4v) is 2.90. The van der Waals surface area contributed by atoms with Crippen LogP contribution in [0.25, 0.3) is 0 Å². The van der Waals surface area contributed by atoms with Crippen molar-refractivity contribution in [1.82, 2.24) is 5.06 Å². The first-order chi connectivity index (χ1) is 15.0. The molecule has 1 aliphatic heterocycles. The summed E-state index contributed by atoms with van der Waals surface area (Å²) >= 11 is 0. The number of esters is 2. The van der Waals surface area contributed by atoms with Crippen molar-refractivity contribution in [1.29, 1.82) is 0 Å². The van der Waals surface area contributed by atoms with Crippen LogP contribution in [-0.4, -0.2) is 58.6 Å². The lowest BCUT2D eigenvalue weighted by atomic mass is 10.0. The molecule has 0 aromatic carbocycles. The summed E-state index contributed by atoms with van der Waals surface area (Å²) in [6.45, 7) is 5.38. The standard InChI is InChI=1S/C21H29NO10/c1-5-6-7-8-15(25)16(11-12(2)23)31-20(28)13(3)19(30-14(4)24)21(29)32-22-17(26)9-10-18(22)27/h13,16,19H,5-11H2,1-4H3/t13-,16-,19-/m1/s1. The van der Waals surface area contributed by atoms with Crippen LogP contribution in [-0.2, 0) is 47.9 Å². The highest BCUT2D eigenvalue weighted by atomic mass is 16.7. The third-order valence-corrected chi connectivity index (χ3v) is 4.66. The number of ketones is 2. The smallest absolute Gasteiger partial charge is 0.374 e. The zero-order chi connectivity index (χ0) is 24.4. The van der Waals surface area contributed by atoms with E-state index in [1.807, 2.05) is 6.92 Å². The fourth-order valence-electron chi connectivity index (χ4n) is 2.90. The van der Waals surface area contributed by atoms with Gasteiger partial charge in [0, 0.05) is 26.2 Å². The van der Waals surface area contributed by atoms with Crippen molar-refractivity contribution in [3.8, 4) is 0 Å². The molecule has 178 valence electrons. The first-order valence-electron chi connectivity index (χ1n) is 10.4. The van der Waals surface area contributed by atoms with Gasteiger partial charge in [0.25, 0.3) is 11.8 Å². The van der Waals surface area contributed by atoms with E-state index in [-0.39, 0.29) is 36.5 Å². The highest BCUT2D eigenvalue weighted by Crippen LogP contribution is 2.19. The molecule has 0 unspecified atom stereocenters. The Kier molecular flexibility index (Phi) is 10.7. The van der Waals surface area contributed by atoms with Crippen molar-refractivity contribution in [2.45, 2.75) is 84.8 Å². The molecule has 1 aliphatic rings. The fraction of sp³-hybridized carbons (Fsp3) is 0.667. The van der Waals surface area contributed by atoms with Gasteiger partial charge < -0.3 is 14.3 Å². The molecule has 0 spiro atoms. The van der Waals surface area contributed by atoms with E-state index in [4.69, 9.17) is 14.3 Å². The van der Waals surface area contributed by atoms with Gasteiger partial charge in [-0.3, -0.25) is 28.8 Å². The third kappa shape index (κ3) is 8.20. The summed E-state index contributed by atoms with van der Waals surface area (Å²) in [4.78, 5) is 88.5. The number of amides is 2. The number of Topliss-reactive ketones (excluding diaryl/α,β-unsaturated/α-hetero) is 2. The highest BCUT2D eigenvalue weighted by molar-refractivity contribution is 6.02. The van der Waals surface area contributed by atoms with Gasteiger partial charge in [-0.05, 0) is 20.3 Å². The molecule has 1 heterocycles. The van der Waals surface area contributed by atoms with Gasteiger partial charge in [-0.15, -0.1) is 5.06 Å². The summed E-state index contributed by atoms with van der Waals surface area (Å²) in [6, 6.07) is 0. The molecule has 0 N–H and O–H groups in total. The lowest BCUT2D eigenvalue weighted by Gasteiger charge is -2.24. The highest BCUT2D eigenvalue weighted by Gasteiger charge is 2.41. The maximum absolute atomic E-state index is 12.6. The number of imide groups is 1. The van der Waals surface area contributed by atoms with Gasteiger partial charge in [0.05, 0.1) is 6.42 Å². The molecule has 1 saturated heterocycles. The second-order valence-corrected chi connectivity index (χ2v) is 7.57. The number of hydroxylamine groups is 2. The summed E-state index contributed by atoms with van der Waals surface area (Å²) in [5, 5.41) is 0.257. The summed E-state index contributed by atoms with van der Waals surface area (Å²) in [6.07, 6.45) is -1.46. The van der Waals surface area contributed by atoms with Crippen LogP contribution in [0.4, 0.5) is 0 Å². The molecular formula is C21H29NO10. The minimum Gasteiger partial charge on any atom is -0.454 e. The van der Waals surface area contributed by atoms with Crippen molar-refractivity contribution in [2.75, 3.05) is 0 Å². The molecule has 0 saturated carbocycles. The summed E-state index contributed by atoms with van der Waals surface area (Å²) in [5.41, 5.74) is 0. The van der Waals surface area contributed by atoms with Crippen LogP contribution < -0.4 is 0 Å². The van der Waals surface area contributed by atoms with Crippen molar-refractivity contribution in [3.05, 3.63) is 0 Å². The number of unbranched alkanes of at least 4 members (excludes halogenated alkanes) is 2. The van der Waals surface area contributed by atoms with Crippen molar-refractivity contribution in [3.63, 3.8) is 0 Å². The van der Waals surface area contributed by atoms with E-state index in [2.05, 4.69) is 0 Å². The molecule has 0 aromatic rings. The monoisotopic (exact) mass is 455 g/mol. The zero-order valence-corrected chi connectivity index (χ0v) is 18.7. The van der Waals surface area contributed by atoms with Gasteiger partial charge in [-0.2, -0.15) is 0 Å². The number of hydrogen-bond acceptors (Lipinski definition) is 10. The minimum atomic E-state index is -1.84. The molecule has 0 aliphatic carbocycles. The maximum atomic E-state index is 12.6. The molecule has 2 amide bonds. The Morgan fingerprint density at radius 3 is 2.03 bits per heavy atom. The average Bonchev–Trinajstić information content (AvgIpc) is 3.02. The Morgan fingerprint density at radius 1 is 0.938 bits per heavy atom. The normalized spacial score (nSPS) is 16.2. The largest absolute Gasteiger partial charge is 0.454 e. The summed E-state index contributed by atoms with van der Waals surface area (Å²) < 4.78 is 10.0. The third-order valence-electron chi connectivity index (χ3n) is 4.66. The molecule has 0 aromatic heterocycles. The van der Waals surface area contributed by atoms with Crippen LogP contribution in [0.3, 0.4) is 0 Å². The van der Waals surface area contributed by atoms with E-state index in [1.54, 1.807) is 0 Å². The molecule has 1 rings (SSSR count). The predicted molar refractivity (Wildman–Crippen MR) is 106 cm³/mol. The molecular weight excluding hydrogens is 426 g/mol. The average molecular weight is 455 g/mol. The van der Waals surface area contributed by atoms with Gasteiger partial charge in [-0.1, -0.05) is 19.8 Å². The molecule has 11 nitrogen and oxygen atoms in total. The molecule has 3 atom stereocenters. The second kappa shape index (κ2) is 12.7. The first kappa shape index (κ1) is 26.9. The Balaban J connectivity index is 2.93. The van der Waals surface area contributed by atoms with Crippen molar-refractivity contribution in [2.24, 2.45) is 5.92 Å². The van der Waals surface area contributed by atoms with Gasteiger partial charge in [-0.25, -0.2) is 4.79 Å². The second-order valence-electron chi connectivity index (χ2n) is 7.57. The molecule has 11 heteroatoms. The van der Waals surface area contributed by atoms with Gasteiger partial charge in [0.2, 0.25) is 6.10 Å². The van der Waals surface area contributed by atoms with Gasteiger partial charge in [0.1, 0.15) is 11.7 Å². The predicted octanol–water partition coefficient (Wildman–Crippen LogP) is 1.20. The lowest BCUT2D eigenvalue weighted by molar-refractivity contribution is -0.209. The van der Waals surface area contributed by atoms with E-state index < -0.39 is 53.6 Å². The number of hydrogen-bond donors (Lipinski definition) is 0. The molecule has 32 heavy (non-hydrogen) atoms. The van der Waals surface area contributed by atoms with Crippen LogP contribution in [0.1, 0.15) is 72.6 Å². The van der Waals surface area contributed by atoms with E-state index in [1.165, 1.54) is 13.8 Å². The van der Waals surface area contributed by atoms with E-state index >= 15 is 0 Å². The quantitative estimate of drug-likeness (QED) is 0.225. The summed E-state index contributed by atoms with van der Waals surface area (Å²) in [5.74, 6) is -7.10. The van der Waals surface area contributed by atoms with E-state index in [0.29, 0.717) is 6.42 Å².